The van der Waals surface area contributed by atoms with E-state index in [0.29, 0.717) is 36.5 Å². The van der Waals surface area contributed by atoms with Crippen molar-refractivity contribution in [2.75, 3.05) is 49.6 Å². The summed E-state index contributed by atoms with van der Waals surface area (Å²) in [6.45, 7) is 5.65. The van der Waals surface area contributed by atoms with Crippen LogP contribution in [-0.4, -0.2) is 75.4 Å². The first-order chi connectivity index (χ1) is 14.5. The lowest BCUT2D eigenvalue weighted by atomic mass is 9.89. The van der Waals surface area contributed by atoms with Crippen LogP contribution >= 0.6 is 0 Å². The minimum atomic E-state index is -0.0326. The summed E-state index contributed by atoms with van der Waals surface area (Å²) in [5, 5.41) is 22.1. The monoisotopic (exact) mass is 414 g/mol. The molecule has 0 spiro atoms. The maximum atomic E-state index is 11.6. The fraction of sp³-hybridized carbons (Fsp3) is 0.524. The molecule has 1 fully saturated rings. The van der Waals surface area contributed by atoms with E-state index in [1.165, 1.54) is 0 Å². The number of piperidine rings is 1. The Morgan fingerprint density at radius 3 is 2.40 bits per heavy atom. The molecule has 1 aliphatic heterocycles. The number of carbonyl (C=O) groups is 1. The van der Waals surface area contributed by atoms with Crippen molar-refractivity contribution in [3.63, 3.8) is 0 Å². The number of nitrogens with one attached hydrogen (secondary N) is 1. The molecule has 2 aromatic rings. The van der Waals surface area contributed by atoms with Crippen LogP contribution in [0.15, 0.2) is 24.5 Å². The minimum absolute atomic E-state index is 0.0326. The number of likely N-dealkylation sites (tertiary alicyclic amines) is 1. The van der Waals surface area contributed by atoms with Gasteiger partial charge in [-0.3, -0.25) is 9.78 Å². The molecule has 162 valence electrons. The van der Waals surface area contributed by atoms with Crippen molar-refractivity contribution in [3.8, 4) is 0 Å². The van der Waals surface area contributed by atoms with Gasteiger partial charge in [-0.2, -0.15) is 0 Å². The molecule has 1 saturated heterocycles. The summed E-state index contributed by atoms with van der Waals surface area (Å²) in [4.78, 5) is 28.7. The normalized spacial score (nSPS) is 14.6. The van der Waals surface area contributed by atoms with Gasteiger partial charge >= 0.3 is 0 Å². The van der Waals surface area contributed by atoms with E-state index in [0.717, 1.165) is 37.2 Å². The summed E-state index contributed by atoms with van der Waals surface area (Å²) in [6.07, 6.45) is 5.11. The Kier molecular flexibility index (Phi) is 7.53. The quantitative estimate of drug-likeness (QED) is 0.594. The van der Waals surface area contributed by atoms with E-state index in [9.17, 15) is 15.0 Å². The van der Waals surface area contributed by atoms with E-state index in [1.807, 2.05) is 28.9 Å². The van der Waals surface area contributed by atoms with Gasteiger partial charge in [0.25, 0.3) is 0 Å². The number of hydrogen-bond donors (Lipinski definition) is 3. The minimum Gasteiger partial charge on any atom is -0.395 e. The molecule has 3 rings (SSSR count). The van der Waals surface area contributed by atoms with Gasteiger partial charge in [-0.15, -0.1) is 0 Å². The first kappa shape index (κ1) is 21.9. The zero-order chi connectivity index (χ0) is 21.5. The molecule has 0 unspecified atom stereocenters. The standard InChI is InChI=1S/C21H30N6O3/c1-15-13-23-20(14-22-15)24-19-11-18(17-3-5-26(6-4-17)16(2)30)12-21(25-19)27(7-9-28)8-10-29/h11-14,17,28-29H,3-10H2,1-2H3,(H,23,24,25). The Hall–Kier alpha value is -2.78. The van der Waals surface area contributed by atoms with Gasteiger partial charge in [0.15, 0.2) is 0 Å². The number of anilines is 3. The van der Waals surface area contributed by atoms with Gasteiger partial charge in [0.1, 0.15) is 17.5 Å². The molecule has 2 aromatic heterocycles. The molecule has 0 saturated carbocycles. The second-order valence-electron chi connectivity index (χ2n) is 7.53. The Bertz CT molecular complexity index is 831. The summed E-state index contributed by atoms with van der Waals surface area (Å²) in [7, 11) is 0. The highest BCUT2D eigenvalue weighted by Crippen LogP contribution is 2.32. The Morgan fingerprint density at radius 1 is 1.13 bits per heavy atom. The van der Waals surface area contributed by atoms with Crippen LogP contribution < -0.4 is 10.2 Å². The fourth-order valence-corrected chi connectivity index (χ4v) is 3.70. The van der Waals surface area contributed by atoms with Crippen molar-refractivity contribution in [2.24, 2.45) is 0 Å². The van der Waals surface area contributed by atoms with E-state index >= 15 is 0 Å². The summed E-state index contributed by atoms with van der Waals surface area (Å²) in [5.41, 5.74) is 1.95. The maximum Gasteiger partial charge on any atom is 0.219 e. The van der Waals surface area contributed by atoms with E-state index in [4.69, 9.17) is 0 Å². The highest BCUT2D eigenvalue weighted by atomic mass is 16.3. The molecule has 0 bridgehead atoms. The summed E-state index contributed by atoms with van der Waals surface area (Å²) < 4.78 is 0. The highest BCUT2D eigenvalue weighted by Gasteiger charge is 2.23. The SMILES string of the molecule is CC(=O)N1CCC(c2cc(Nc3cnc(C)cn3)nc(N(CCO)CCO)c2)CC1. The summed E-state index contributed by atoms with van der Waals surface area (Å²) in [6, 6.07) is 4.03. The molecule has 0 aromatic carbocycles. The van der Waals surface area contributed by atoms with E-state index in [-0.39, 0.29) is 19.1 Å². The second-order valence-corrected chi connectivity index (χ2v) is 7.53. The molecule has 0 atom stereocenters. The molecule has 1 amide bonds. The van der Waals surface area contributed by atoms with E-state index in [2.05, 4.69) is 20.3 Å². The molecule has 9 nitrogen and oxygen atoms in total. The summed E-state index contributed by atoms with van der Waals surface area (Å²) in [5.74, 6) is 2.33. The molecule has 3 heterocycles. The molecule has 9 heteroatoms. The number of aryl methyl sites for hydroxylation is 1. The average molecular weight is 415 g/mol. The van der Waals surface area contributed by atoms with Crippen LogP contribution in [0.4, 0.5) is 17.5 Å². The Balaban J connectivity index is 1.89. The first-order valence-corrected chi connectivity index (χ1v) is 10.3. The van der Waals surface area contributed by atoms with Crippen LogP contribution in [0.2, 0.25) is 0 Å². The van der Waals surface area contributed by atoms with Crippen LogP contribution in [0.1, 0.15) is 36.9 Å². The van der Waals surface area contributed by atoms with Crippen molar-refractivity contribution in [3.05, 3.63) is 35.8 Å². The number of rotatable bonds is 8. The third-order valence-corrected chi connectivity index (χ3v) is 5.35. The predicted molar refractivity (Wildman–Crippen MR) is 115 cm³/mol. The summed E-state index contributed by atoms with van der Waals surface area (Å²) >= 11 is 0. The van der Waals surface area contributed by atoms with Gasteiger partial charge in [0, 0.05) is 33.1 Å². The van der Waals surface area contributed by atoms with Gasteiger partial charge < -0.3 is 25.3 Å². The van der Waals surface area contributed by atoms with E-state index < -0.39 is 0 Å². The highest BCUT2D eigenvalue weighted by molar-refractivity contribution is 5.73. The third kappa shape index (κ3) is 5.64. The molecular weight excluding hydrogens is 384 g/mol. The van der Waals surface area contributed by atoms with Crippen molar-refractivity contribution < 1.29 is 15.0 Å². The van der Waals surface area contributed by atoms with Crippen LogP contribution in [0.3, 0.4) is 0 Å². The Labute approximate surface area is 176 Å². The largest absolute Gasteiger partial charge is 0.395 e. The topological polar surface area (TPSA) is 115 Å². The second kappa shape index (κ2) is 10.3. The van der Waals surface area contributed by atoms with Crippen LogP contribution in [0.5, 0.6) is 0 Å². The van der Waals surface area contributed by atoms with Gasteiger partial charge in [-0.05, 0) is 43.4 Å². The third-order valence-electron chi connectivity index (χ3n) is 5.35. The zero-order valence-electron chi connectivity index (χ0n) is 17.6. The van der Waals surface area contributed by atoms with E-state index in [1.54, 1.807) is 19.3 Å². The van der Waals surface area contributed by atoms with Crippen molar-refractivity contribution in [2.45, 2.75) is 32.6 Å². The van der Waals surface area contributed by atoms with Gasteiger partial charge in [0.05, 0.1) is 31.3 Å². The zero-order valence-corrected chi connectivity index (χ0v) is 17.6. The molecular formula is C21H30N6O3. The number of aliphatic hydroxyl groups is 2. The van der Waals surface area contributed by atoms with Gasteiger partial charge in [-0.25, -0.2) is 9.97 Å². The number of amides is 1. The molecule has 3 N–H and O–H groups in total. The predicted octanol–water partition coefficient (Wildman–Crippen LogP) is 1.44. The number of hydrogen-bond acceptors (Lipinski definition) is 8. The van der Waals surface area contributed by atoms with Gasteiger partial charge in [-0.1, -0.05) is 0 Å². The van der Waals surface area contributed by atoms with Crippen LogP contribution in [0, 0.1) is 6.92 Å². The first-order valence-electron chi connectivity index (χ1n) is 10.3. The number of carbonyl (C=O) groups excluding carboxylic acids is 1. The molecule has 30 heavy (non-hydrogen) atoms. The lowest BCUT2D eigenvalue weighted by Crippen LogP contribution is -2.36. The van der Waals surface area contributed by atoms with Crippen molar-refractivity contribution in [1.29, 1.82) is 0 Å². The van der Waals surface area contributed by atoms with Crippen molar-refractivity contribution >= 4 is 23.4 Å². The molecule has 0 radical (unpaired) electrons. The lowest BCUT2D eigenvalue weighted by molar-refractivity contribution is -0.129. The molecule has 1 aliphatic rings. The van der Waals surface area contributed by atoms with Crippen molar-refractivity contribution in [1.82, 2.24) is 19.9 Å². The number of aromatic nitrogens is 3. The number of aliphatic hydroxyl groups excluding tert-OH is 2. The van der Waals surface area contributed by atoms with Crippen LogP contribution in [0.25, 0.3) is 0 Å². The lowest BCUT2D eigenvalue weighted by Gasteiger charge is -2.32. The fourth-order valence-electron chi connectivity index (χ4n) is 3.70. The average Bonchev–Trinajstić information content (AvgIpc) is 2.75. The van der Waals surface area contributed by atoms with Gasteiger partial charge in [0.2, 0.25) is 5.91 Å². The number of pyridine rings is 1. The number of nitrogens with zero attached hydrogens (tertiary/aromatic N) is 5. The smallest absolute Gasteiger partial charge is 0.219 e. The maximum absolute atomic E-state index is 11.6. The van der Waals surface area contributed by atoms with Crippen LogP contribution in [-0.2, 0) is 4.79 Å². The molecule has 0 aliphatic carbocycles. The Morgan fingerprint density at radius 2 is 1.83 bits per heavy atom.